The maximum atomic E-state index is 9.76. The Morgan fingerprint density at radius 2 is 1.30 bits per heavy atom. The normalized spacial score (nSPS) is 16.2. The van der Waals surface area contributed by atoms with Crippen molar-refractivity contribution >= 4 is 16.3 Å². The molecule has 6 heteroatoms. The van der Waals surface area contributed by atoms with Gasteiger partial charge in [-0.1, -0.05) is 91.0 Å². The Bertz CT molecular complexity index is 1870. The third kappa shape index (κ3) is 5.07. The largest absolute Gasteiger partial charge is 0.394 e. The average molecular weight is 579 g/mol. The van der Waals surface area contributed by atoms with Gasteiger partial charge in [0.2, 0.25) is 5.79 Å². The second-order valence-electron chi connectivity index (χ2n) is 10.6. The van der Waals surface area contributed by atoms with Gasteiger partial charge in [0, 0.05) is 5.57 Å². The number of allylic oxidation sites excluding steroid dienone is 6. The van der Waals surface area contributed by atoms with Crippen LogP contribution in [0.4, 0.5) is 0 Å². The lowest BCUT2D eigenvalue weighted by Gasteiger charge is -2.40. The number of hydrogen-bond donors (Lipinski definition) is 2. The smallest absolute Gasteiger partial charge is 0.216 e. The summed E-state index contributed by atoms with van der Waals surface area (Å²) in [5, 5.41) is 41.0. The topological polar surface area (TPSA) is 107 Å². The number of benzene rings is 4. The van der Waals surface area contributed by atoms with Crippen molar-refractivity contribution in [1.29, 1.82) is 10.5 Å². The zero-order valence-electron chi connectivity index (χ0n) is 24.0. The standard InChI is InChI=1S/C38H30N2O4/c39-25-27-6-3-10-31(22-27)37(32-11-4-7-28(23-32)26-40)16-15-34-30(24-37)14-17-38(43-20-18-41,44-21-19-42)36(34)35-13-5-9-29-8-1-2-12-33(29)35/h1-17,22-24,41-42H,18-21H2. The van der Waals surface area contributed by atoms with Gasteiger partial charge < -0.3 is 19.7 Å². The van der Waals surface area contributed by atoms with Crippen molar-refractivity contribution < 1.29 is 19.7 Å². The van der Waals surface area contributed by atoms with Crippen molar-refractivity contribution in [1.82, 2.24) is 0 Å². The molecule has 4 aromatic carbocycles. The Morgan fingerprint density at radius 1 is 0.682 bits per heavy atom. The zero-order valence-corrected chi connectivity index (χ0v) is 24.0. The maximum absolute atomic E-state index is 9.76. The molecule has 2 N–H and O–H groups in total. The minimum absolute atomic E-state index is 0.0198. The van der Waals surface area contributed by atoms with Crippen LogP contribution < -0.4 is 0 Å². The van der Waals surface area contributed by atoms with Crippen LogP contribution >= 0.6 is 0 Å². The second kappa shape index (κ2) is 12.3. The molecule has 6 rings (SSSR count). The van der Waals surface area contributed by atoms with E-state index in [-0.39, 0.29) is 26.4 Å². The Morgan fingerprint density at radius 3 is 1.93 bits per heavy atom. The van der Waals surface area contributed by atoms with E-state index in [1.807, 2.05) is 78.9 Å². The van der Waals surface area contributed by atoms with Crippen molar-refractivity contribution in [3.63, 3.8) is 0 Å². The lowest BCUT2D eigenvalue weighted by Crippen LogP contribution is -2.40. The Labute approximate surface area is 256 Å². The van der Waals surface area contributed by atoms with Crippen LogP contribution in [0.5, 0.6) is 0 Å². The van der Waals surface area contributed by atoms with E-state index in [4.69, 9.17) is 9.47 Å². The van der Waals surface area contributed by atoms with Crippen LogP contribution in [-0.2, 0) is 14.9 Å². The number of nitrogens with zero attached hydrogens (tertiary/aromatic N) is 2. The molecular weight excluding hydrogens is 548 g/mol. The molecule has 6 nitrogen and oxygen atoms in total. The van der Waals surface area contributed by atoms with Gasteiger partial charge in [-0.15, -0.1) is 0 Å². The fourth-order valence-corrected chi connectivity index (χ4v) is 6.19. The van der Waals surface area contributed by atoms with E-state index < -0.39 is 11.2 Å². The van der Waals surface area contributed by atoms with E-state index in [9.17, 15) is 20.7 Å². The van der Waals surface area contributed by atoms with E-state index in [1.165, 1.54) is 0 Å². The summed E-state index contributed by atoms with van der Waals surface area (Å²) in [5.41, 5.74) is 5.49. The maximum Gasteiger partial charge on any atom is 0.216 e. The summed E-state index contributed by atoms with van der Waals surface area (Å²) in [4.78, 5) is 0. The molecule has 0 spiro atoms. The van der Waals surface area contributed by atoms with Crippen LogP contribution in [0.25, 0.3) is 16.3 Å². The number of hydrogen-bond acceptors (Lipinski definition) is 6. The second-order valence-corrected chi connectivity index (χ2v) is 10.6. The van der Waals surface area contributed by atoms with E-state index in [1.54, 1.807) is 12.1 Å². The van der Waals surface area contributed by atoms with Crippen LogP contribution in [0, 0.1) is 22.7 Å². The summed E-state index contributed by atoms with van der Waals surface area (Å²) >= 11 is 0. The predicted octanol–water partition coefficient (Wildman–Crippen LogP) is 6.10. The molecule has 0 aromatic heterocycles. The van der Waals surface area contributed by atoms with Crippen molar-refractivity contribution in [3.05, 3.63) is 160 Å². The fraction of sp³-hybridized carbons (Fsp3) is 0.158. The number of rotatable bonds is 9. The molecule has 0 radical (unpaired) electrons. The van der Waals surface area contributed by atoms with Gasteiger partial charge in [-0.3, -0.25) is 0 Å². The zero-order chi connectivity index (χ0) is 30.6. The van der Waals surface area contributed by atoms with E-state index in [2.05, 4.69) is 42.5 Å². The van der Waals surface area contributed by atoms with Crippen molar-refractivity contribution in [3.8, 4) is 12.1 Å². The van der Waals surface area contributed by atoms with Crippen LogP contribution in [0.2, 0.25) is 0 Å². The lowest BCUT2D eigenvalue weighted by atomic mass is 9.67. The molecule has 216 valence electrons. The highest BCUT2D eigenvalue weighted by atomic mass is 16.7. The molecule has 0 aliphatic heterocycles. The summed E-state index contributed by atoms with van der Waals surface area (Å²) in [6.45, 7) is -0.373. The molecule has 4 aromatic rings. The number of fused-ring (bicyclic) bond motifs is 2. The molecular formula is C38H30N2O4. The van der Waals surface area contributed by atoms with E-state index in [0.717, 1.165) is 44.2 Å². The average Bonchev–Trinajstić information content (AvgIpc) is 3.09. The molecule has 0 saturated heterocycles. The molecule has 0 fully saturated rings. The number of nitriles is 2. The molecule has 44 heavy (non-hydrogen) atoms. The molecule has 2 aliphatic carbocycles. The Hall–Kier alpha value is -5.08. The highest BCUT2D eigenvalue weighted by molar-refractivity contribution is 5.99. The molecule has 0 bridgehead atoms. The highest BCUT2D eigenvalue weighted by Crippen LogP contribution is 2.49. The molecule has 0 saturated carbocycles. The minimum Gasteiger partial charge on any atom is -0.394 e. The monoisotopic (exact) mass is 578 g/mol. The highest BCUT2D eigenvalue weighted by Gasteiger charge is 2.43. The van der Waals surface area contributed by atoms with Gasteiger partial charge >= 0.3 is 0 Å². The van der Waals surface area contributed by atoms with E-state index in [0.29, 0.717) is 11.1 Å². The molecule has 0 atom stereocenters. The Kier molecular flexibility index (Phi) is 8.09. The van der Waals surface area contributed by atoms with Gasteiger partial charge in [0.05, 0.1) is 55.1 Å². The summed E-state index contributed by atoms with van der Waals surface area (Å²) in [6.07, 6.45) is 10.1. The van der Waals surface area contributed by atoms with Crippen molar-refractivity contribution in [2.45, 2.75) is 11.2 Å². The first-order chi connectivity index (χ1) is 21.6. The predicted molar refractivity (Wildman–Crippen MR) is 169 cm³/mol. The van der Waals surface area contributed by atoms with Crippen LogP contribution in [-0.4, -0.2) is 42.4 Å². The summed E-state index contributed by atoms with van der Waals surface area (Å²) in [6, 6.07) is 33.7. The van der Waals surface area contributed by atoms with Gasteiger partial charge in [-0.25, -0.2) is 0 Å². The summed E-state index contributed by atoms with van der Waals surface area (Å²) in [5.74, 6) is -1.38. The fourth-order valence-electron chi connectivity index (χ4n) is 6.19. The minimum atomic E-state index is -1.38. The van der Waals surface area contributed by atoms with Gasteiger partial charge in [0.1, 0.15) is 0 Å². The summed E-state index contributed by atoms with van der Waals surface area (Å²) < 4.78 is 12.6. The van der Waals surface area contributed by atoms with Gasteiger partial charge in [0.15, 0.2) is 0 Å². The first-order valence-electron chi connectivity index (χ1n) is 14.4. The lowest BCUT2D eigenvalue weighted by molar-refractivity contribution is -0.173. The first kappa shape index (κ1) is 29.0. The molecule has 2 aliphatic rings. The Balaban J connectivity index is 1.65. The first-order valence-corrected chi connectivity index (χ1v) is 14.4. The quantitative estimate of drug-likeness (QED) is 0.232. The van der Waals surface area contributed by atoms with Gasteiger partial charge in [-0.05, 0) is 69.0 Å². The third-order valence-electron chi connectivity index (χ3n) is 8.12. The van der Waals surface area contributed by atoms with Crippen LogP contribution in [0.3, 0.4) is 0 Å². The van der Waals surface area contributed by atoms with Crippen molar-refractivity contribution in [2.24, 2.45) is 0 Å². The SMILES string of the molecule is N#Cc1cccc(C2(c3cccc(C#N)c3)C=CC3=C(c4cccc5ccccc45)C(OCCO)(OCCO)C=CC3=C2)c1. The number of aliphatic hydroxyl groups excluding tert-OH is 2. The number of aliphatic hydroxyl groups is 2. The van der Waals surface area contributed by atoms with Crippen LogP contribution in [0.15, 0.2) is 133 Å². The number of ether oxygens (including phenoxy) is 2. The molecule has 0 amide bonds. The van der Waals surface area contributed by atoms with E-state index >= 15 is 0 Å². The van der Waals surface area contributed by atoms with Crippen molar-refractivity contribution in [2.75, 3.05) is 26.4 Å². The molecule has 0 heterocycles. The molecule has 0 unspecified atom stereocenters. The van der Waals surface area contributed by atoms with Gasteiger partial charge in [-0.2, -0.15) is 10.5 Å². The summed E-state index contributed by atoms with van der Waals surface area (Å²) in [7, 11) is 0. The van der Waals surface area contributed by atoms with Crippen LogP contribution in [0.1, 0.15) is 27.8 Å². The van der Waals surface area contributed by atoms with Gasteiger partial charge in [0.25, 0.3) is 0 Å². The third-order valence-corrected chi connectivity index (χ3v) is 8.12.